The molecule has 0 radical (unpaired) electrons. The van der Waals surface area contributed by atoms with Crippen molar-refractivity contribution in [3.8, 4) is 0 Å². The second kappa shape index (κ2) is 2.89. The molecule has 1 N–H and O–H groups in total. The Balaban J connectivity index is 1.74. The number of fused-ring (bicyclic) bond motifs is 2. The Kier molecular flexibility index (Phi) is 1.83. The van der Waals surface area contributed by atoms with Gasteiger partial charge in [-0.2, -0.15) is 0 Å². The first-order chi connectivity index (χ1) is 7.09. The van der Waals surface area contributed by atoms with Gasteiger partial charge in [-0.3, -0.25) is 0 Å². The number of cyclic esters (lactones) is 1. The van der Waals surface area contributed by atoms with Gasteiger partial charge < -0.3 is 10.1 Å². The van der Waals surface area contributed by atoms with Crippen LogP contribution in [0.2, 0.25) is 0 Å². The number of rotatable bonds is 1. The fraction of sp³-hybridized carbons (Fsp3) is 0.917. The number of amides is 1. The minimum absolute atomic E-state index is 0.223. The summed E-state index contributed by atoms with van der Waals surface area (Å²) in [6.07, 6.45) is 3.75. The third-order valence-corrected chi connectivity index (χ3v) is 5.13. The molecule has 4 unspecified atom stereocenters. The Bertz CT molecular complexity index is 298. The van der Waals surface area contributed by atoms with Crippen LogP contribution in [-0.4, -0.2) is 18.7 Å². The van der Waals surface area contributed by atoms with Crippen molar-refractivity contribution in [3.63, 3.8) is 0 Å². The van der Waals surface area contributed by atoms with Crippen molar-refractivity contribution in [1.82, 2.24) is 5.32 Å². The van der Waals surface area contributed by atoms with Crippen molar-refractivity contribution >= 4 is 6.09 Å². The molecule has 0 aromatic heterocycles. The van der Waals surface area contributed by atoms with E-state index in [1.165, 1.54) is 19.3 Å². The Morgan fingerprint density at radius 1 is 1.40 bits per heavy atom. The molecule has 3 nitrogen and oxygen atoms in total. The van der Waals surface area contributed by atoms with Gasteiger partial charge in [-0.25, -0.2) is 4.79 Å². The molecule has 0 aromatic rings. The summed E-state index contributed by atoms with van der Waals surface area (Å²) in [7, 11) is 0. The molecule has 84 valence electrons. The number of carbonyl (C=O) groups is 1. The molecule has 1 aliphatic heterocycles. The molecule has 0 aromatic carbocycles. The van der Waals surface area contributed by atoms with Gasteiger partial charge in [0.1, 0.15) is 6.61 Å². The quantitative estimate of drug-likeness (QED) is 0.718. The van der Waals surface area contributed by atoms with E-state index in [0.717, 1.165) is 11.8 Å². The number of nitrogens with one attached hydrogen (secondary N) is 1. The standard InChI is InChI=1S/C12H19NO2/c1-12(2)7-3-4-8(9(12)5-7)10-6-15-11(14)13-10/h7-10H,3-6H2,1-2H3,(H,13,14). The van der Waals surface area contributed by atoms with Gasteiger partial charge in [-0.15, -0.1) is 0 Å². The van der Waals surface area contributed by atoms with Crippen molar-refractivity contribution in [2.45, 2.75) is 39.2 Å². The lowest BCUT2D eigenvalue weighted by atomic mass is 9.45. The topological polar surface area (TPSA) is 38.3 Å². The van der Waals surface area contributed by atoms with Gasteiger partial charge in [-0.05, 0) is 42.4 Å². The Labute approximate surface area is 90.6 Å². The molecule has 4 aliphatic rings. The zero-order valence-electron chi connectivity index (χ0n) is 9.45. The molecular formula is C12H19NO2. The molecule has 1 heterocycles. The summed E-state index contributed by atoms with van der Waals surface area (Å²) < 4.78 is 5.00. The predicted molar refractivity (Wildman–Crippen MR) is 56.4 cm³/mol. The Morgan fingerprint density at radius 2 is 2.20 bits per heavy atom. The molecule has 4 rings (SSSR count). The zero-order valence-corrected chi connectivity index (χ0v) is 9.45. The molecule has 1 amide bonds. The molecule has 1 saturated heterocycles. The van der Waals surface area contributed by atoms with Gasteiger partial charge >= 0.3 is 6.09 Å². The maximum atomic E-state index is 11.0. The van der Waals surface area contributed by atoms with Crippen LogP contribution in [0.15, 0.2) is 0 Å². The zero-order chi connectivity index (χ0) is 10.6. The second-order valence-electron chi connectivity index (χ2n) is 5.95. The van der Waals surface area contributed by atoms with Crippen LogP contribution in [0.5, 0.6) is 0 Å². The van der Waals surface area contributed by atoms with Crippen LogP contribution in [0.4, 0.5) is 4.79 Å². The van der Waals surface area contributed by atoms with Crippen molar-refractivity contribution < 1.29 is 9.53 Å². The Hall–Kier alpha value is -0.730. The van der Waals surface area contributed by atoms with Crippen molar-refractivity contribution in [3.05, 3.63) is 0 Å². The number of hydrogen-bond acceptors (Lipinski definition) is 2. The van der Waals surface area contributed by atoms with Gasteiger partial charge in [0.2, 0.25) is 0 Å². The first-order valence-electron chi connectivity index (χ1n) is 6.02. The maximum absolute atomic E-state index is 11.0. The summed E-state index contributed by atoms with van der Waals surface area (Å²) >= 11 is 0. The summed E-state index contributed by atoms with van der Waals surface area (Å²) in [6, 6.07) is 0.281. The van der Waals surface area contributed by atoms with E-state index in [-0.39, 0.29) is 12.1 Å². The molecule has 0 spiro atoms. The fourth-order valence-corrected chi connectivity index (χ4v) is 3.98. The average molecular weight is 209 g/mol. The van der Waals surface area contributed by atoms with Crippen LogP contribution in [0.1, 0.15) is 33.1 Å². The van der Waals surface area contributed by atoms with Crippen molar-refractivity contribution in [1.29, 1.82) is 0 Å². The number of carbonyl (C=O) groups excluding carboxylic acids is 1. The van der Waals surface area contributed by atoms with E-state index in [1.807, 2.05) is 0 Å². The average Bonchev–Trinajstić information content (AvgIpc) is 2.64. The molecule has 3 heteroatoms. The first kappa shape index (κ1) is 9.49. The number of alkyl carbamates (subject to hydrolysis) is 1. The maximum Gasteiger partial charge on any atom is 0.407 e. The lowest BCUT2D eigenvalue weighted by Gasteiger charge is -2.61. The highest BCUT2D eigenvalue weighted by atomic mass is 16.6. The minimum Gasteiger partial charge on any atom is -0.447 e. The smallest absolute Gasteiger partial charge is 0.407 e. The largest absolute Gasteiger partial charge is 0.447 e. The minimum atomic E-state index is -0.223. The monoisotopic (exact) mass is 209 g/mol. The van der Waals surface area contributed by atoms with E-state index in [0.29, 0.717) is 17.9 Å². The number of hydrogen-bond donors (Lipinski definition) is 1. The van der Waals surface area contributed by atoms with Gasteiger partial charge in [0.05, 0.1) is 6.04 Å². The van der Waals surface area contributed by atoms with E-state index in [9.17, 15) is 4.79 Å². The molecule has 3 aliphatic carbocycles. The van der Waals surface area contributed by atoms with E-state index in [1.54, 1.807) is 0 Å². The third kappa shape index (κ3) is 1.21. The van der Waals surface area contributed by atoms with Crippen LogP contribution in [0, 0.1) is 23.2 Å². The second-order valence-corrected chi connectivity index (χ2v) is 5.95. The van der Waals surface area contributed by atoms with Crippen LogP contribution < -0.4 is 5.32 Å². The highest BCUT2D eigenvalue weighted by Crippen LogP contribution is 2.62. The van der Waals surface area contributed by atoms with Crippen molar-refractivity contribution in [2.24, 2.45) is 23.2 Å². The van der Waals surface area contributed by atoms with Crippen molar-refractivity contribution in [2.75, 3.05) is 6.61 Å². The summed E-state index contributed by atoms with van der Waals surface area (Å²) in [4.78, 5) is 11.0. The van der Waals surface area contributed by atoms with Gasteiger partial charge in [0.15, 0.2) is 0 Å². The van der Waals surface area contributed by atoms with E-state index < -0.39 is 0 Å². The summed E-state index contributed by atoms with van der Waals surface area (Å²) in [5, 5.41) is 2.96. The van der Waals surface area contributed by atoms with Crippen LogP contribution in [-0.2, 0) is 4.74 Å². The highest BCUT2D eigenvalue weighted by Gasteiger charge is 2.56. The molecule has 15 heavy (non-hydrogen) atoms. The highest BCUT2D eigenvalue weighted by molar-refractivity contribution is 5.69. The molecule has 3 saturated carbocycles. The number of ether oxygens (including phenoxy) is 1. The Morgan fingerprint density at radius 3 is 2.73 bits per heavy atom. The van der Waals surface area contributed by atoms with Crippen LogP contribution >= 0.6 is 0 Å². The lowest BCUT2D eigenvalue weighted by molar-refractivity contribution is -0.113. The SMILES string of the molecule is CC1(C)C2CCC(C3COC(=O)N3)C1C2. The van der Waals surface area contributed by atoms with Gasteiger partial charge in [0.25, 0.3) is 0 Å². The summed E-state index contributed by atoms with van der Waals surface area (Å²) in [5.74, 6) is 2.37. The van der Waals surface area contributed by atoms with E-state index >= 15 is 0 Å². The molecule has 4 fully saturated rings. The van der Waals surface area contributed by atoms with E-state index in [4.69, 9.17) is 4.74 Å². The summed E-state index contributed by atoms with van der Waals surface area (Å²) in [6.45, 7) is 5.35. The van der Waals surface area contributed by atoms with Crippen LogP contribution in [0.25, 0.3) is 0 Å². The summed E-state index contributed by atoms with van der Waals surface area (Å²) in [5.41, 5.74) is 0.496. The predicted octanol–water partition coefficient (Wildman–Crippen LogP) is 2.17. The normalized spacial score (nSPS) is 46.7. The van der Waals surface area contributed by atoms with Crippen LogP contribution in [0.3, 0.4) is 0 Å². The molecular weight excluding hydrogens is 190 g/mol. The van der Waals surface area contributed by atoms with Gasteiger partial charge in [0, 0.05) is 0 Å². The molecule has 2 bridgehead atoms. The van der Waals surface area contributed by atoms with E-state index in [2.05, 4.69) is 19.2 Å². The fourth-order valence-electron chi connectivity index (χ4n) is 3.98. The lowest BCUT2D eigenvalue weighted by Crippen LogP contribution is -2.57. The molecule has 4 atom stereocenters. The van der Waals surface area contributed by atoms with Gasteiger partial charge in [-0.1, -0.05) is 13.8 Å². The third-order valence-electron chi connectivity index (χ3n) is 5.13. The first-order valence-corrected chi connectivity index (χ1v) is 6.02.